The van der Waals surface area contributed by atoms with E-state index in [4.69, 9.17) is 4.74 Å². The first-order chi connectivity index (χ1) is 17.3. The van der Waals surface area contributed by atoms with Gasteiger partial charge in [0, 0.05) is 22.8 Å². The van der Waals surface area contributed by atoms with E-state index < -0.39 is 23.0 Å². The lowest BCUT2D eigenvalue weighted by molar-refractivity contribution is 0.103. The summed E-state index contributed by atoms with van der Waals surface area (Å²) in [5.74, 6) is 0.382. The summed E-state index contributed by atoms with van der Waals surface area (Å²) < 4.78 is 10.1. The maximum Gasteiger partial charge on any atom is 0.352 e. The fraction of sp³-hybridized carbons (Fsp3) is 0.179. The quantitative estimate of drug-likeness (QED) is 0.357. The standard InChI is InChI=1S/C28H23N3O5/c1-28(2)22-14-15-29-26(34)30(19-10-8-18(9-11-19)25(33)17-6-4-3-5-7-17)27(35)31(29)24(22)21-13-12-20(32)16-23(21)36-28/h3-14,16,24,32H,15H2,1-2H3. The Morgan fingerprint density at radius 2 is 1.64 bits per heavy atom. The Kier molecular flexibility index (Phi) is 4.69. The molecular weight excluding hydrogens is 458 g/mol. The summed E-state index contributed by atoms with van der Waals surface area (Å²) in [6.45, 7) is 4.02. The molecule has 0 aliphatic carbocycles. The van der Waals surface area contributed by atoms with E-state index in [9.17, 15) is 19.5 Å². The molecule has 4 aromatic rings. The Balaban J connectivity index is 1.46. The van der Waals surface area contributed by atoms with Crippen LogP contribution in [0.2, 0.25) is 0 Å². The van der Waals surface area contributed by atoms with Crippen LogP contribution in [-0.2, 0) is 6.54 Å². The Bertz CT molecular complexity index is 1670. The Morgan fingerprint density at radius 1 is 0.944 bits per heavy atom. The van der Waals surface area contributed by atoms with Gasteiger partial charge in [-0.25, -0.2) is 23.5 Å². The number of carbonyl (C=O) groups excluding carboxylic acids is 1. The van der Waals surface area contributed by atoms with E-state index in [1.165, 1.54) is 15.4 Å². The van der Waals surface area contributed by atoms with Crippen LogP contribution in [0.15, 0.2) is 94.0 Å². The zero-order valence-corrected chi connectivity index (χ0v) is 19.7. The summed E-state index contributed by atoms with van der Waals surface area (Å²) in [5, 5.41) is 9.99. The SMILES string of the molecule is CC1(C)Oc2cc(O)ccc2C2C1=CCn1c(=O)n(-c3ccc(C(=O)c4ccccc4)cc3)c(=O)n12. The smallest absolute Gasteiger partial charge is 0.352 e. The highest BCUT2D eigenvalue weighted by atomic mass is 16.5. The number of phenolic OH excluding ortho intramolecular Hbond substituents is 1. The number of hydrogen-bond acceptors (Lipinski definition) is 5. The molecule has 1 aromatic heterocycles. The molecule has 180 valence electrons. The molecule has 3 heterocycles. The predicted molar refractivity (Wildman–Crippen MR) is 133 cm³/mol. The van der Waals surface area contributed by atoms with Crippen molar-refractivity contribution in [3.63, 3.8) is 0 Å². The second-order valence-electron chi connectivity index (χ2n) is 9.47. The van der Waals surface area contributed by atoms with Gasteiger partial charge in [0.1, 0.15) is 23.1 Å². The Labute approximate surface area is 205 Å². The van der Waals surface area contributed by atoms with Crippen LogP contribution in [0.3, 0.4) is 0 Å². The lowest BCUT2D eigenvalue weighted by Gasteiger charge is -2.42. The summed E-state index contributed by atoms with van der Waals surface area (Å²) in [4.78, 5) is 39.9. The topological polar surface area (TPSA) is 95.5 Å². The molecule has 3 aromatic carbocycles. The van der Waals surface area contributed by atoms with Crippen molar-refractivity contribution >= 4 is 5.78 Å². The minimum absolute atomic E-state index is 0.0558. The summed E-state index contributed by atoms with van der Waals surface area (Å²) in [6.07, 6.45) is 1.92. The molecule has 0 saturated carbocycles. The molecule has 0 radical (unpaired) electrons. The minimum Gasteiger partial charge on any atom is -0.508 e. The molecule has 0 saturated heterocycles. The first kappa shape index (κ1) is 21.9. The zero-order valence-electron chi connectivity index (χ0n) is 19.7. The molecular formula is C28H23N3O5. The van der Waals surface area contributed by atoms with Crippen LogP contribution in [0.4, 0.5) is 0 Å². The van der Waals surface area contributed by atoms with E-state index in [2.05, 4.69) is 0 Å². The maximum absolute atomic E-state index is 13.7. The van der Waals surface area contributed by atoms with Crippen LogP contribution in [0.5, 0.6) is 11.5 Å². The molecule has 0 bridgehead atoms. The maximum atomic E-state index is 13.7. The average molecular weight is 482 g/mol. The van der Waals surface area contributed by atoms with Crippen LogP contribution in [0.1, 0.15) is 41.4 Å². The van der Waals surface area contributed by atoms with Gasteiger partial charge in [0.05, 0.1) is 12.2 Å². The van der Waals surface area contributed by atoms with Crippen molar-refractivity contribution in [2.24, 2.45) is 0 Å². The Morgan fingerprint density at radius 3 is 2.36 bits per heavy atom. The van der Waals surface area contributed by atoms with E-state index in [1.54, 1.807) is 60.7 Å². The first-order valence-corrected chi connectivity index (χ1v) is 11.6. The largest absolute Gasteiger partial charge is 0.508 e. The van der Waals surface area contributed by atoms with Crippen LogP contribution in [-0.4, -0.2) is 30.4 Å². The number of aromatic hydroxyl groups is 1. The fourth-order valence-corrected chi connectivity index (χ4v) is 5.12. The third kappa shape index (κ3) is 3.18. The molecule has 8 nitrogen and oxygen atoms in total. The molecule has 2 aliphatic rings. The summed E-state index contributed by atoms with van der Waals surface area (Å²) in [5.41, 5.74) is 1.25. The third-order valence-electron chi connectivity index (χ3n) is 6.86. The molecule has 8 heteroatoms. The van der Waals surface area contributed by atoms with Crippen molar-refractivity contribution < 1.29 is 14.6 Å². The first-order valence-electron chi connectivity index (χ1n) is 11.6. The van der Waals surface area contributed by atoms with Crippen LogP contribution < -0.4 is 16.1 Å². The number of hydrogen-bond donors (Lipinski definition) is 1. The highest BCUT2D eigenvalue weighted by Crippen LogP contribution is 2.46. The van der Waals surface area contributed by atoms with E-state index in [0.29, 0.717) is 28.1 Å². The van der Waals surface area contributed by atoms with Crippen LogP contribution in [0, 0.1) is 0 Å². The molecule has 1 N–H and O–H groups in total. The van der Waals surface area contributed by atoms with Crippen molar-refractivity contribution in [3.8, 4) is 17.2 Å². The van der Waals surface area contributed by atoms with E-state index in [1.807, 2.05) is 26.0 Å². The fourth-order valence-electron chi connectivity index (χ4n) is 5.12. The number of ketones is 1. The molecule has 6 rings (SSSR count). The highest BCUT2D eigenvalue weighted by molar-refractivity contribution is 6.09. The molecule has 2 aliphatic heterocycles. The second kappa shape index (κ2) is 7.71. The molecule has 1 atom stereocenters. The molecule has 1 unspecified atom stereocenters. The number of aromatic nitrogens is 3. The number of rotatable bonds is 3. The van der Waals surface area contributed by atoms with Gasteiger partial charge in [-0.2, -0.15) is 0 Å². The lowest BCUT2D eigenvalue weighted by Crippen LogP contribution is -2.46. The van der Waals surface area contributed by atoms with Gasteiger partial charge in [0.15, 0.2) is 5.78 Å². The number of nitrogens with zero attached hydrogens (tertiary/aromatic N) is 3. The van der Waals surface area contributed by atoms with Gasteiger partial charge in [-0.3, -0.25) is 4.79 Å². The lowest BCUT2D eigenvalue weighted by atomic mass is 9.83. The van der Waals surface area contributed by atoms with Crippen molar-refractivity contribution in [1.82, 2.24) is 13.9 Å². The number of benzene rings is 3. The van der Waals surface area contributed by atoms with Crippen LogP contribution >= 0.6 is 0 Å². The minimum atomic E-state index is -0.742. The highest BCUT2D eigenvalue weighted by Gasteiger charge is 2.43. The van der Waals surface area contributed by atoms with Gasteiger partial charge >= 0.3 is 11.4 Å². The van der Waals surface area contributed by atoms with Crippen molar-refractivity contribution in [2.45, 2.75) is 32.0 Å². The number of ether oxygens (including phenoxy) is 1. The monoisotopic (exact) mass is 481 g/mol. The van der Waals surface area contributed by atoms with Crippen molar-refractivity contribution in [2.75, 3.05) is 0 Å². The second-order valence-corrected chi connectivity index (χ2v) is 9.47. The molecule has 0 fully saturated rings. The third-order valence-corrected chi connectivity index (χ3v) is 6.86. The normalized spacial score (nSPS) is 17.3. The zero-order chi connectivity index (χ0) is 25.2. The molecule has 36 heavy (non-hydrogen) atoms. The summed E-state index contributed by atoms with van der Waals surface area (Å²) in [7, 11) is 0. The van der Waals surface area contributed by atoms with Crippen molar-refractivity contribution in [1.29, 1.82) is 0 Å². The Hall–Kier alpha value is -4.59. The molecule has 0 amide bonds. The summed E-state index contributed by atoms with van der Waals surface area (Å²) >= 11 is 0. The van der Waals surface area contributed by atoms with E-state index in [0.717, 1.165) is 10.1 Å². The van der Waals surface area contributed by atoms with Crippen LogP contribution in [0.25, 0.3) is 5.69 Å². The van der Waals surface area contributed by atoms with Gasteiger partial charge in [0.2, 0.25) is 0 Å². The number of carbonyl (C=O) groups is 1. The van der Waals surface area contributed by atoms with Crippen molar-refractivity contribution in [3.05, 3.63) is 122 Å². The average Bonchev–Trinajstić information content (AvgIpc) is 3.13. The number of allylic oxidation sites excluding steroid dienone is 1. The van der Waals surface area contributed by atoms with Gasteiger partial charge in [-0.1, -0.05) is 36.4 Å². The number of phenols is 1. The number of fused-ring (bicyclic) bond motifs is 5. The predicted octanol–water partition coefficient (Wildman–Crippen LogP) is 3.44. The van der Waals surface area contributed by atoms with Gasteiger partial charge in [-0.15, -0.1) is 0 Å². The van der Waals surface area contributed by atoms with E-state index >= 15 is 0 Å². The van der Waals surface area contributed by atoms with Gasteiger partial charge in [-0.05, 0) is 55.8 Å². The molecule has 0 spiro atoms. The van der Waals surface area contributed by atoms with E-state index in [-0.39, 0.29) is 18.1 Å². The van der Waals surface area contributed by atoms with Gasteiger partial charge < -0.3 is 9.84 Å². The van der Waals surface area contributed by atoms with Gasteiger partial charge in [0.25, 0.3) is 0 Å². The summed E-state index contributed by atoms with van der Waals surface area (Å²) in [6, 6.07) is 19.6.